The summed E-state index contributed by atoms with van der Waals surface area (Å²) in [5, 5.41) is 21.5. The lowest BCUT2D eigenvalue weighted by Gasteiger charge is -2.10. The molecule has 144 valence electrons. The number of carboxylic acids is 1. The number of hydrogen-bond acceptors (Lipinski definition) is 3. The van der Waals surface area contributed by atoms with Crippen molar-refractivity contribution in [2.45, 2.75) is 13.8 Å². The van der Waals surface area contributed by atoms with Crippen molar-refractivity contribution in [3.63, 3.8) is 0 Å². The minimum absolute atomic E-state index is 0.0553. The van der Waals surface area contributed by atoms with Crippen LogP contribution in [0.15, 0.2) is 66.4 Å². The molecule has 6 nitrogen and oxygen atoms in total. The van der Waals surface area contributed by atoms with E-state index in [0.29, 0.717) is 17.1 Å². The van der Waals surface area contributed by atoms with Crippen molar-refractivity contribution in [1.29, 1.82) is 5.26 Å². The first kappa shape index (κ1) is 19.6. The van der Waals surface area contributed by atoms with E-state index in [-0.39, 0.29) is 11.1 Å². The van der Waals surface area contributed by atoms with Crippen LogP contribution in [0.1, 0.15) is 27.2 Å². The van der Waals surface area contributed by atoms with Gasteiger partial charge in [0.2, 0.25) is 0 Å². The minimum atomic E-state index is -1.03. The summed E-state index contributed by atoms with van der Waals surface area (Å²) < 4.78 is 1.72. The number of amides is 1. The number of nitrogens with one attached hydrogen (secondary N) is 1. The van der Waals surface area contributed by atoms with Crippen LogP contribution < -0.4 is 5.32 Å². The number of anilines is 1. The average Bonchev–Trinajstić information content (AvgIpc) is 3.18. The van der Waals surface area contributed by atoms with Crippen LogP contribution in [0.4, 0.5) is 5.69 Å². The van der Waals surface area contributed by atoms with Gasteiger partial charge in [-0.2, -0.15) is 5.26 Å². The summed E-state index contributed by atoms with van der Waals surface area (Å²) in [5.74, 6) is -1.53. The average molecular weight is 385 g/mol. The smallest absolute Gasteiger partial charge is 0.335 e. The Morgan fingerprint density at radius 2 is 1.86 bits per heavy atom. The van der Waals surface area contributed by atoms with Crippen LogP contribution in [0.25, 0.3) is 11.8 Å². The van der Waals surface area contributed by atoms with Crippen molar-refractivity contribution in [3.05, 3.63) is 88.8 Å². The van der Waals surface area contributed by atoms with E-state index in [0.717, 1.165) is 11.1 Å². The van der Waals surface area contributed by atoms with Crippen LogP contribution in [0.2, 0.25) is 0 Å². The molecule has 0 aliphatic carbocycles. The van der Waals surface area contributed by atoms with Crippen LogP contribution in [0.5, 0.6) is 0 Å². The molecule has 0 atom stereocenters. The maximum absolute atomic E-state index is 12.6. The van der Waals surface area contributed by atoms with E-state index in [4.69, 9.17) is 0 Å². The third-order valence-electron chi connectivity index (χ3n) is 4.66. The quantitative estimate of drug-likeness (QED) is 0.504. The molecule has 6 heteroatoms. The van der Waals surface area contributed by atoms with Crippen molar-refractivity contribution in [2.75, 3.05) is 5.32 Å². The van der Waals surface area contributed by atoms with Gasteiger partial charge in [0, 0.05) is 23.3 Å². The van der Waals surface area contributed by atoms with Crippen LogP contribution in [0.3, 0.4) is 0 Å². The van der Waals surface area contributed by atoms with E-state index in [9.17, 15) is 20.0 Å². The molecule has 0 fully saturated rings. The maximum atomic E-state index is 12.6. The molecule has 3 rings (SSSR count). The number of rotatable bonds is 5. The highest BCUT2D eigenvalue weighted by Crippen LogP contribution is 2.20. The van der Waals surface area contributed by atoms with Crippen molar-refractivity contribution in [2.24, 2.45) is 0 Å². The summed E-state index contributed by atoms with van der Waals surface area (Å²) in [6.45, 7) is 3.85. The number of aromatic nitrogens is 1. The van der Waals surface area contributed by atoms with Crippen molar-refractivity contribution < 1.29 is 14.7 Å². The van der Waals surface area contributed by atoms with Gasteiger partial charge >= 0.3 is 5.97 Å². The first-order chi connectivity index (χ1) is 13.9. The van der Waals surface area contributed by atoms with Gasteiger partial charge in [-0.15, -0.1) is 0 Å². The van der Waals surface area contributed by atoms with E-state index < -0.39 is 11.9 Å². The lowest BCUT2D eigenvalue weighted by molar-refractivity contribution is -0.112. The number of carbonyl (C=O) groups is 2. The number of aromatic carboxylic acids is 1. The van der Waals surface area contributed by atoms with Crippen molar-refractivity contribution >= 4 is 23.6 Å². The first-order valence-electron chi connectivity index (χ1n) is 8.91. The summed E-state index contributed by atoms with van der Waals surface area (Å²) in [6.07, 6.45) is 3.22. The second kappa shape index (κ2) is 8.28. The number of hydrogen-bond donors (Lipinski definition) is 2. The third kappa shape index (κ3) is 4.25. The molecule has 2 aromatic carbocycles. The lowest BCUT2D eigenvalue weighted by Crippen LogP contribution is -2.14. The van der Waals surface area contributed by atoms with Gasteiger partial charge < -0.3 is 15.0 Å². The van der Waals surface area contributed by atoms with Gasteiger partial charge in [-0.1, -0.05) is 18.2 Å². The molecular formula is C23H19N3O3. The molecule has 0 radical (unpaired) electrons. The number of benzene rings is 2. The van der Waals surface area contributed by atoms with Crippen LogP contribution in [-0.4, -0.2) is 21.6 Å². The molecule has 0 aliphatic heterocycles. The number of carboxylic acid groups (broad SMARTS) is 1. The van der Waals surface area contributed by atoms with Crippen LogP contribution in [-0.2, 0) is 4.79 Å². The lowest BCUT2D eigenvalue weighted by atomic mass is 10.1. The Kier molecular flexibility index (Phi) is 5.61. The highest BCUT2D eigenvalue weighted by Gasteiger charge is 2.13. The number of aryl methyl sites for hydroxylation is 1. The van der Waals surface area contributed by atoms with Crippen LogP contribution in [0, 0.1) is 25.2 Å². The zero-order chi connectivity index (χ0) is 21.0. The monoisotopic (exact) mass is 385 g/mol. The fourth-order valence-electron chi connectivity index (χ4n) is 2.91. The molecular weight excluding hydrogens is 366 g/mol. The van der Waals surface area contributed by atoms with E-state index in [1.165, 1.54) is 18.2 Å². The predicted molar refractivity (Wildman–Crippen MR) is 111 cm³/mol. The molecule has 29 heavy (non-hydrogen) atoms. The minimum Gasteiger partial charge on any atom is -0.478 e. The molecule has 0 saturated carbocycles. The topological polar surface area (TPSA) is 95.1 Å². The van der Waals surface area contributed by atoms with Gasteiger partial charge in [-0.05, 0) is 67.4 Å². The van der Waals surface area contributed by atoms with Gasteiger partial charge in [0.15, 0.2) is 0 Å². The van der Waals surface area contributed by atoms with Gasteiger partial charge in [0.05, 0.1) is 5.56 Å². The maximum Gasteiger partial charge on any atom is 0.335 e. The number of nitriles is 1. The summed E-state index contributed by atoms with van der Waals surface area (Å²) >= 11 is 0. The largest absolute Gasteiger partial charge is 0.478 e. The Balaban J connectivity index is 1.93. The zero-order valence-corrected chi connectivity index (χ0v) is 16.0. The van der Waals surface area contributed by atoms with Crippen molar-refractivity contribution in [1.82, 2.24) is 4.57 Å². The molecule has 1 aromatic heterocycles. The summed E-state index contributed by atoms with van der Waals surface area (Å²) in [7, 11) is 0. The number of nitrogens with zero attached hydrogens (tertiary/aromatic N) is 2. The summed E-state index contributed by atoms with van der Waals surface area (Å²) in [5.41, 5.74) is 3.93. The van der Waals surface area contributed by atoms with Crippen molar-refractivity contribution in [3.8, 4) is 11.8 Å². The number of carbonyl (C=O) groups excluding carboxylic acids is 1. The molecule has 3 aromatic rings. The van der Waals surface area contributed by atoms with Gasteiger partial charge in [-0.3, -0.25) is 4.79 Å². The Bertz CT molecular complexity index is 1170. The van der Waals surface area contributed by atoms with E-state index in [1.807, 2.05) is 32.0 Å². The fourth-order valence-corrected chi connectivity index (χ4v) is 2.91. The van der Waals surface area contributed by atoms with E-state index in [2.05, 4.69) is 5.32 Å². The Morgan fingerprint density at radius 3 is 2.59 bits per heavy atom. The van der Waals surface area contributed by atoms with Gasteiger partial charge in [0.25, 0.3) is 5.91 Å². The molecule has 0 spiro atoms. The Labute approximate surface area is 168 Å². The SMILES string of the molecule is Cc1cccc(NC(=O)/C(C#N)=C/c2cccn2-c2cccc(C(=O)O)c2)c1C. The third-order valence-corrected chi connectivity index (χ3v) is 4.66. The molecule has 2 N–H and O–H groups in total. The molecule has 0 unspecified atom stereocenters. The standard InChI is InChI=1S/C23H19N3O3/c1-15-6-3-10-21(16(15)2)25-22(27)18(14-24)13-20-9-5-11-26(20)19-8-4-7-17(12-19)23(28)29/h3-13H,1-2H3,(H,25,27)(H,28,29)/b18-13+. The van der Waals surface area contributed by atoms with Gasteiger partial charge in [0.1, 0.15) is 11.6 Å². The Hall–Kier alpha value is -4.11. The molecule has 1 heterocycles. The van der Waals surface area contributed by atoms with Gasteiger partial charge in [-0.25, -0.2) is 4.79 Å². The summed E-state index contributed by atoms with van der Waals surface area (Å²) in [6, 6.07) is 17.5. The highest BCUT2D eigenvalue weighted by atomic mass is 16.4. The second-order valence-corrected chi connectivity index (χ2v) is 6.53. The predicted octanol–water partition coefficient (Wildman–Crippen LogP) is 4.34. The van der Waals surface area contributed by atoms with E-state index >= 15 is 0 Å². The highest BCUT2D eigenvalue weighted by molar-refractivity contribution is 6.10. The zero-order valence-electron chi connectivity index (χ0n) is 16.0. The molecule has 0 aliphatic rings. The fraction of sp³-hybridized carbons (Fsp3) is 0.0870. The summed E-state index contributed by atoms with van der Waals surface area (Å²) in [4.78, 5) is 23.9. The Morgan fingerprint density at radius 1 is 1.10 bits per heavy atom. The second-order valence-electron chi connectivity index (χ2n) is 6.53. The van der Waals surface area contributed by atoms with Crippen LogP contribution >= 0.6 is 0 Å². The molecule has 1 amide bonds. The normalized spacial score (nSPS) is 11.0. The first-order valence-corrected chi connectivity index (χ1v) is 8.91. The van der Waals surface area contributed by atoms with E-state index in [1.54, 1.807) is 41.1 Å². The molecule has 0 saturated heterocycles. The molecule has 0 bridgehead atoms.